The van der Waals surface area contributed by atoms with Crippen molar-refractivity contribution in [1.29, 1.82) is 0 Å². The first-order valence-corrected chi connectivity index (χ1v) is 6.11. The summed E-state index contributed by atoms with van der Waals surface area (Å²) in [4.78, 5) is 11.8. The summed E-state index contributed by atoms with van der Waals surface area (Å²) in [7, 11) is 0. The van der Waals surface area contributed by atoms with Gasteiger partial charge in [0, 0.05) is 18.7 Å². The van der Waals surface area contributed by atoms with Gasteiger partial charge in [-0.25, -0.2) is 0 Å². The Morgan fingerprint density at radius 2 is 2.10 bits per heavy atom. The van der Waals surface area contributed by atoms with Gasteiger partial charge in [-0.1, -0.05) is 18.2 Å². The first-order valence-electron chi connectivity index (χ1n) is 6.11. The van der Waals surface area contributed by atoms with Crippen LogP contribution in [-0.2, 0) is 11.3 Å². The van der Waals surface area contributed by atoms with E-state index in [1.54, 1.807) is 24.3 Å². The average molecular weight is 289 g/mol. The number of ether oxygens (including phenoxy) is 1. The van der Waals surface area contributed by atoms with Crippen LogP contribution >= 0.6 is 0 Å². The van der Waals surface area contributed by atoms with Gasteiger partial charge in [0.05, 0.1) is 6.42 Å². The van der Waals surface area contributed by atoms with Gasteiger partial charge in [0.1, 0.15) is 18.4 Å². The Bertz CT molecular complexity index is 490. The molecule has 110 valence electrons. The zero-order chi connectivity index (χ0) is 14.8. The number of halogens is 3. The summed E-state index contributed by atoms with van der Waals surface area (Å²) >= 11 is 0. The van der Waals surface area contributed by atoms with E-state index in [4.69, 9.17) is 9.84 Å². The minimum Gasteiger partial charge on any atom is -0.492 e. The maximum Gasteiger partial charge on any atom is 0.404 e. The maximum absolute atomic E-state index is 13.0. The number of hydrogen-bond acceptors (Lipinski definition) is 3. The van der Waals surface area contributed by atoms with Gasteiger partial charge in [-0.05, 0) is 6.07 Å². The number of rotatable bonds is 3. The van der Waals surface area contributed by atoms with E-state index in [2.05, 4.69) is 0 Å². The fourth-order valence-corrected chi connectivity index (χ4v) is 2.23. The zero-order valence-corrected chi connectivity index (χ0v) is 10.6. The molecule has 0 aromatic heterocycles. The normalized spacial score (nSPS) is 17.8. The van der Waals surface area contributed by atoms with Crippen LogP contribution in [0.5, 0.6) is 5.75 Å². The molecule has 1 N–H and O–H groups in total. The minimum absolute atomic E-state index is 0.0215. The van der Waals surface area contributed by atoms with E-state index in [1.807, 2.05) is 0 Å². The molecule has 1 aliphatic heterocycles. The van der Waals surface area contributed by atoms with E-state index in [0.29, 0.717) is 11.3 Å². The highest BCUT2D eigenvalue weighted by Gasteiger charge is 2.45. The fraction of sp³-hybridized carbons (Fsp3) is 0.462. The van der Waals surface area contributed by atoms with Gasteiger partial charge < -0.3 is 9.84 Å². The summed E-state index contributed by atoms with van der Waals surface area (Å²) in [5.41, 5.74) is 0.629. The van der Waals surface area contributed by atoms with Crippen LogP contribution in [0.2, 0.25) is 0 Å². The Morgan fingerprint density at radius 1 is 1.40 bits per heavy atom. The van der Waals surface area contributed by atoms with Crippen molar-refractivity contribution in [3.63, 3.8) is 0 Å². The van der Waals surface area contributed by atoms with Crippen molar-refractivity contribution in [2.24, 2.45) is 0 Å². The molecule has 1 aromatic carbocycles. The average Bonchev–Trinajstić information content (AvgIpc) is 2.56. The molecule has 1 atom stereocenters. The largest absolute Gasteiger partial charge is 0.492 e. The van der Waals surface area contributed by atoms with E-state index in [1.165, 1.54) is 0 Å². The third-order valence-corrected chi connectivity index (χ3v) is 3.17. The molecule has 20 heavy (non-hydrogen) atoms. The summed E-state index contributed by atoms with van der Waals surface area (Å²) in [6.07, 6.45) is -5.55. The van der Waals surface area contributed by atoms with E-state index in [-0.39, 0.29) is 19.7 Å². The number of nitrogens with zero attached hydrogens (tertiary/aromatic N) is 1. The summed E-state index contributed by atoms with van der Waals surface area (Å²) in [5.74, 6) is -0.919. The molecule has 0 bridgehead atoms. The molecule has 1 unspecified atom stereocenters. The highest BCUT2D eigenvalue weighted by molar-refractivity contribution is 5.67. The molecular weight excluding hydrogens is 275 g/mol. The maximum atomic E-state index is 13.0. The van der Waals surface area contributed by atoms with Crippen LogP contribution in [0.3, 0.4) is 0 Å². The number of carbonyl (C=O) groups is 1. The third-order valence-electron chi connectivity index (χ3n) is 3.17. The van der Waals surface area contributed by atoms with Gasteiger partial charge in [0.15, 0.2) is 0 Å². The summed E-state index contributed by atoms with van der Waals surface area (Å²) in [6.45, 7) is 0.156. The van der Waals surface area contributed by atoms with E-state index < -0.39 is 24.6 Å². The lowest BCUT2D eigenvalue weighted by Crippen LogP contribution is -2.47. The summed E-state index contributed by atoms with van der Waals surface area (Å²) < 4.78 is 44.5. The number of alkyl halides is 3. The lowest BCUT2D eigenvalue weighted by molar-refractivity contribution is -0.192. The number of carboxylic acid groups (broad SMARTS) is 1. The van der Waals surface area contributed by atoms with E-state index >= 15 is 0 Å². The molecule has 0 saturated heterocycles. The number of hydrogen-bond donors (Lipinski definition) is 1. The lowest BCUT2D eigenvalue weighted by atomic mass is 10.1. The van der Waals surface area contributed by atoms with Crippen molar-refractivity contribution in [3.05, 3.63) is 29.8 Å². The van der Waals surface area contributed by atoms with Gasteiger partial charge in [0.2, 0.25) is 0 Å². The Hall–Kier alpha value is -1.76. The molecule has 1 heterocycles. The zero-order valence-electron chi connectivity index (χ0n) is 10.6. The number of para-hydroxylation sites is 1. The van der Waals surface area contributed by atoms with Crippen LogP contribution in [-0.4, -0.2) is 41.3 Å². The highest BCUT2D eigenvalue weighted by atomic mass is 19.4. The van der Waals surface area contributed by atoms with Crippen molar-refractivity contribution in [1.82, 2.24) is 4.90 Å². The quantitative estimate of drug-likeness (QED) is 0.927. The molecule has 0 fully saturated rings. The second-order valence-electron chi connectivity index (χ2n) is 4.58. The second kappa shape index (κ2) is 5.70. The molecule has 1 aliphatic rings. The van der Waals surface area contributed by atoms with Crippen LogP contribution in [0.15, 0.2) is 24.3 Å². The molecule has 0 saturated carbocycles. The third kappa shape index (κ3) is 3.41. The first-order chi connectivity index (χ1) is 9.38. The predicted octanol–water partition coefficient (Wildman–Crippen LogP) is 2.29. The van der Waals surface area contributed by atoms with Gasteiger partial charge in [-0.2, -0.15) is 13.2 Å². The highest BCUT2D eigenvalue weighted by Crippen LogP contribution is 2.31. The molecule has 1 aromatic rings. The smallest absolute Gasteiger partial charge is 0.404 e. The molecule has 7 heteroatoms. The topological polar surface area (TPSA) is 49.8 Å². The van der Waals surface area contributed by atoms with Crippen LogP contribution in [0.25, 0.3) is 0 Å². The molecule has 0 aliphatic carbocycles. The van der Waals surface area contributed by atoms with Crippen LogP contribution < -0.4 is 4.74 Å². The van der Waals surface area contributed by atoms with Crippen molar-refractivity contribution in [2.75, 3.05) is 13.2 Å². The predicted molar refractivity (Wildman–Crippen MR) is 64.4 cm³/mol. The molecule has 2 rings (SSSR count). The number of carboxylic acids is 1. The number of aliphatic carboxylic acids is 1. The van der Waals surface area contributed by atoms with Crippen molar-refractivity contribution in [3.8, 4) is 5.75 Å². The van der Waals surface area contributed by atoms with Crippen molar-refractivity contribution < 1.29 is 27.8 Å². The number of benzene rings is 1. The minimum atomic E-state index is -4.59. The van der Waals surface area contributed by atoms with Gasteiger partial charge in [-0.15, -0.1) is 0 Å². The van der Waals surface area contributed by atoms with Crippen LogP contribution in [0.1, 0.15) is 12.0 Å². The molecular formula is C13H14F3NO3. The van der Waals surface area contributed by atoms with Crippen LogP contribution in [0.4, 0.5) is 13.2 Å². The molecule has 0 spiro atoms. The van der Waals surface area contributed by atoms with Gasteiger partial charge in [0.25, 0.3) is 0 Å². The van der Waals surface area contributed by atoms with Crippen molar-refractivity contribution >= 4 is 5.97 Å². The van der Waals surface area contributed by atoms with E-state index in [9.17, 15) is 18.0 Å². The standard InChI is InChI=1S/C13H14F3NO3/c14-13(15,16)11(7-12(18)19)17-5-6-20-10-4-2-1-3-9(10)8-17/h1-4,11H,5-8H2,(H,18,19). The summed E-state index contributed by atoms with van der Waals surface area (Å²) in [5, 5.41) is 8.69. The Morgan fingerprint density at radius 3 is 2.75 bits per heavy atom. The second-order valence-corrected chi connectivity index (χ2v) is 4.58. The monoisotopic (exact) mass is 289 g/mol. The molecule has 0 radical (unpaired) electrons. The Kier molecular flexibility index (Phi) is 4.17. The molecule has 0 amide bonds. The fourth-order valence-electron chi connectivity index (χ4n) is 2.23. The first kappa shape index (κ1) is 14.6. The molecule has 4 nitrogen and oxygen atoms in total. The van der Waals surface area contributed by atoms with Gasteiger partial charge in [-0.3, -0.25) is 9.69 Å². The van der Waals surface area contributed by atoms with Crippen LogP contribution in [0, 0.1) is 0 Å². The summed E-state index contributed by atoms with van der Waals surface area (Å²) in [6, 6.07) is 4.83. The SMILES string of the molecule is O=C(O)CC(N1CCOc2ccccc2C1)C(F)(F)F. The lowest BCUT2D eigenvalue weighted by Gasteiger charge is -2.30. The van der Waals surface area contributed by atoms with Crippen molar-refractivity contribution in [2.45, 2.75) is 25.2 Å². The Labute approximate surface area is 113 Å². The Balaban J connectivity index is 2.24. The van der Waals surface area contributed by atoms with Gasteiger partial charge >= 0.3 is 12.1 Å². The van der Waals surface area contributed by atoms with E-state index in [0.717, 1.165) is 4.90 Å². The number of fused-ring (bicyclic) bond motifs is 1.